The topological polar surface area (TPSA) is 68.1 Å². The smallest absolute Gasteiger partial charge is 0.419 e. The van der Waals surface area contributed by atoms with Gasteiger partial charge in [-0.15, -0.1) is 0 Å². The molecule has 1 aliphatic heterocycles. The Kier molecular flexibility index (Phi) is 6.76. The number of hydrogen-bond acceptors (Lipinski definition) is 6. The summed E-state index contributed by atoms with van der Waals surface area (Å²) in [6, 6.07) is 2.77. The van der Waals surface area contributed by atoms with Crippen molar-refractivity contribution in [3.05, 3.63) is 41.6 Å². The molecule has 3 aromatic heterocycles. The second kappa shape index (κ2) is 9.84. The Bertz CT molecular complexity index is 1220. The summed E-state index contributed by atoms with van der Waals surface area (Å²) in [7, 11) is 2.12. The van der Waals surface area contributed by atoms with E-state index >= 15 is 0 Å². The van der Waals surface area contributed by atoms with E-state index in [1.165, 1.54) is 0 Å². The molecule has 1 aliphatic carbocycles. The number of rotatable bonds is 6. The fourth-order valence-electron chi connectivity index (χ4n) is 5.36. The average molecular weight is 507 g/mol. The summed E-state index contributed by atoms with van der Waals surface area (Å²) in [6.45, 7) is 4.77. The Balaban J connectivity index is 1.35. The number of aromatic nitrogens is 4. The third-order valence-electron chi connectivity index (χ3n) is 7.19. The maximum atomic E-state index is 14.4. The molecular weight excluding hydrogens is 476 g/mol. The second-order valence-corrected chi connectivity index (χ2v) is 9.72. The summed E-state index contributed by atoms with van der Waals surface area (Å²) in [5.41, 5.74) is 0.735. The molecule has 11 heteroatoms. The van der Waals surface area contributed by atoms with Gasteiger partial charge in [0.1, 0.15) is 11.9 Å². The van der Waals surface area contributed by atoms with E-state index in [1.54, 1.807) is 0 Å². The zero-order valence-corrected chi connectivity index (χ0v) is 20.4. The number of hydrogen-bond donors (Lipinski definition) is 1. The lowest BCUT2D eigenvalue weighted by atomic mass is 9.93. The van der Waals surface area contributed by atoms with Gasteiger partial charge in [-0.2, -0.15) is 18.3 Å². The van der Waals surface area contributed by atoms with Crippen molar-refractivity contribution in [3.8, 4) is 5.88 Å². The zero-order chi connectivity index (χ0) is 25.4. The van der Waals surface area contributed by atoms with Crippen LogP contribution in [0.3, 0.4) is 0 Å². The van der Waals surface area contributed by atoms with E-state index < -0.39 is 29.5 Å². The van der Waals surface area contributed by atoms with Gasteiger partial charge in [0.25, 0.3) is 5.88 Å². The summed E-state index contributed by atoms with van der Waals surface area (Å²) >= 11 is 0. The normalized spacial score (nSPS) is 23.3. The van der Waals surface area contributed by atoms with Crippen LogP contribution in [0.5, 0.6) is 5.88 Å². The fraction of sp³-hybridized carbons (Fsp3) is 0.560. The first-order valence-electron chi connectivity index (χ1n) is 12.4. The molecule has 3 aromatic rings. The molecule has 1 saturated carbocycles. The molecule has 0 aromatic carbocycles. The third-order valence-corrected chi connectivity index (χ3v) is 7.19. The van der Waals surface area contributed by atoms with Crippen LogP contribution in [0, 0.1) is 5.82 Å². The highest BCUT2D eigenvalue weighted by atomic mass is 19.4. The van der Waals surface area contributed by atoms with Gasteiger partial charge in [0.05, 0.1) is 22.8 Å². The van der Waals surface area contributed by atoms with Crippen molar-refractivity contribution in [2.24, 2.45) is 0 Å². The molecule has 0 spiro atoms. The highest BCUT2D eigenvalue weighted by Gasteiger charge is 2.37. The number of halogens is 4. The molecule has 0 bridgehead atoms. The SMILES string of the molecule is CCNc1cc2c(cn1)c(C1CCN(C)C1)nn2[C@H]1CC[C@@H](Oc2nccc(C(F)(F)F)c2F)CC1. The molecule has 36 heavy (non-hydrogen) atoms. The quantitative estimate of drug-likeness (QED) is 0.452. The van der Waals surface area contributed by atoms with Crippen LogP contribution in [0.2, 0.25) is 0 Å². The molecular formula is C25H30F4N6O. The standard InChI is InChI=1S/C25H30F4N6O/c1-3-30-21-12-20-18(13-32-21)23(15-9-11-34(2)14-15)33-35(20)16-4-6-17(7-5-16)36-24-22(26)19(8-10-31-24)25(27,28)29/h8,10,12-13,15-17H,3-7,9,11,14H2,1-2H3,(H,30,32)/t15?,16-,17+. The Labute approximate surface area is 206 Å². The van der Waals surface area contributed by atoms with Gasteiger partial charge in [-0.1, -0.05) is 0 Å². The number of pyridine rings is 2. The number of anilines is 1. The summed E-state index contributed by atoms with van der Waals surface area (Å²) in [4.78, 5) is 10.6. The fourth-order valence-corrected chi connectivity index (χ4v) is 5.36. The maximum Gasteiger partial charge on any atom is 0.419 e. The largest absolute Gasteiger partial charge is 0.472 e. The van der Waals surface area contributed by atoms with Gasteiger partial charge in [0, 0.05) is 42.9 Å². The van der Waals surface area contributed by atoms with Crippen molar-refractivity contribution >= 4 is 16.7 Å². The van der Waals surface area contributed by atoms with Crippen molar-refractivity contribution in [3.63, 3.8) is 0 Å². The molecule has 194 valence electrons. The Morgan fingerprint density at radius 2 is 1.92 bits per heavy atom. The molecule has 0 radical (unpaired) electrons. The van der Waals surface area contributed by atoms with Crippen LogP contribution in [0.15, 0.2) is 24.5 Å². The second-order valence-electron chi connectivity index (χ2n) is 9.72. The monoisotopic (exact) mass is 506 g/mol. The maximum absolute atomic E-state index is 14.4. The summed E-state index contributed by atoms with van der Waals surface area (Å²) in [5, 5.41) is 9.40. The van der Waals surface area contributed by atoms with Gasteiger partial charge in [-0.25, -0.2) is 14.4 Å². The Morgan fingerprint density at radius 1 is 1.14 bits per heavy atom. The van der Waals surface area contributed by atoms with Gasteiger partial charge in [0.15, 0.2) is 5.82 Å². The van der Waals surface area contributed by atoms with Gasteiger partial charge in [-0.3, -0.25) is 4.68 Å². The number of alkyl halides is 3. The average Bonchev–Trinajstić information content (AvgIpc) is 3.44. The zero-order valence-electron chi connectivity index (χ0n) is 20.4. The molecule has 1 N–H and O–H groups in total. The van der Waals surface area contributed by atoms with E-state index in [-0.39, 0.29) is 6.04 Å². The Hall–Kier alpha value is -2.95. The summed E-state index contributed by atoms with van der Waals surface area (Å²) < 4.78 is 61.2. The number of nitrogens with one attached hydrogen (secondary N) is 1. The number of likely N-dealkylation sites (N-methyl/N-ethyl adjacent to an activating group) is 1. The molecule has 1 unspecified atom stereocenters. The van der Waals surface area contributed by atoms with E-state index in [2.05, 4.69) is 31.9 Å². The summed E-state index contributed by atoms with van der Waals surface area (Å²) in [6.07, 6.45) is 1.24. The number of ether oxygens (including phenoxy) is 1. The van der Waals surface area contributed by atoms with Crippen LogP contribution in [-0.4, -0.2) is 57.4 Å². The number of likely N-dealkylation sites (tertiary alicyclic amines) is 1. The minimum absolute atomic E-state index is 0.108. The number of nitrogens with zero attached hydrogens (tertiary/aromatic N) is 5. The van der Waals surface area contributed by atoms with Crippen LogP contribution in [0.25, 0.3) is 10.9 Å². The third kappa shape index (κ3) is 4.85. The molecule has 2 aliphatic rings. The lowest BCUT2D eigenvalue weighted by Gasteiger charge is -2.29. The van der Waals surface area contributed by atoms with Crippen molar-refractivity contribution in [1.29, 1.82) is 0 Å². The van der Waals surface area contributed by atoms with Crippen LogP contribution in [-0.2, 0) is 6.18 Å². The van der Waals surface area contributed by atoms with Gasteiger partial charge in [-0.05, 0) is 58.7 Å². The molecule has 2 fully saturated rings. The first kappa shape index (κ1) is 24.7. The lowest BCUT2D eigenvalue weighted by Crippen LogP contribution is -2.27. The van der Waals surface area contributed by atoms with Crippen molar-refractivity contribution in [1.82, 2.24) is 24.6 Å². The highest BCUT2D eigenvalue weighted by Crippen LogP contribution is 2.38. The van der Waals surface area contributed by atoms with Crippen LogP contribution in [0.4, 0.5) is 23.4 Å². The summed E-state index contributed by atoms with van der Waals surface area (Å²) in [5.74, 6) is -0.906. The first-order valence-corrected chi connectivity index (χ1v) is 12.4. The first-order chi connectivity index (χ1) is 17.2. The van der Waals surface area contributed by atoms with E-state index in [0.29, 0.717) is 37.7 Å². The van der Waals surface area contributed by atoms with Crippen molar-refractivity contribution in [2.75, 3.05) is 32.0 Å². The molecule has 1 atom stereocenters. The number of fused-ring (bicyclic) bond motifs is 1. The van der Waals surface area contributed by atoms with Crippen molar-refractivity contribution in [2.45, 2.75) is 63.3 Å². The van der Waals surface area contributed by atoms with E-state index in [0.717, 1.165) is 54.7 Å². The lowest BCUT2D eigenvalue weighted by molar-refractivity contribution is -0.140. The molecule has 1 saturated heterocycles. The van der Waals surface area contributed by atoms with Crippen molar-refractivity contribution < 1.29 is 22.3 Å². The van der Waals surface area contributed by atoms with Gasteiger partial charge >= 0.3 is 6.18 Å². The van der Waals surface area contributed by atoms with Gasteiger partial charge < -0.3 is 15.0 Å². The minimum atomic E-state index is -4.80. The molecule has 5 rings (SSSR count). The molecule has 7 nitrogen and oxygen atoms in total. The van der Waals surface area contributed by atoms with Crippen LogP contribution < -0.4 is 10.1 Å². The van der Waals surface area contributed by atoms with Crippen LogP contribution in [0.1, 0.15) is 62.2 Å². The van der Waals surface area contributed by atoms with E-state index in [9.17, 15) is 17.6 Å². The predicted octanol–water partition coefficient (Wildman–Crippen LogP) is 5.40. The van der Waals surface area contributed by atoms with Gasteiger partial charge in [0.2, 0.25) is 0 Å². The molecule has 0 amide bonds. The highest BCUT2D eigenvalue weighted by molar-refractivity contribution is 5.84. The minimum Gasteiger partial charge on any atom is -0.472 e. The Morgan fingerprint density at radius 3 is 2.58 bits per heavy atom. The predicted molar refractivity (Wildman–Crippen MR) is 128 cm³/mol. The van der Waals surface area contributed by atoms with E-state index in [1.807, 2.05) is 19.2 Å². The molecule has 4 heterocycles. The van der Waals surface area contributed by atoms with E-state index in [4.69, 9.17) is 9.84 Å². The van der Waals surface area contributed by atoms with Crippen LogP contribution >= 0.6 is 0 Å².